The molecule has 0 spiro atoms. The average molecular weight is 178 g/mol. The van der Waals surface area contributed by atoms with Crippen molar-refractivity contribution in [3.63, 3.8) is 0 Å². The number of hydrogen-bond donors (Lipinski definition) is 1. The van der Waals surface area contributed by atoms with Crippen molar-refractivity contribution in [2.24, 2.45) is 0 Å². The molecule has 1 rings (SSSR count). The molecule has 0 saturated carbocycles. The highest BCUT2D eigenvalue weighted by molar-refractivity contribution is 5.95. The first kappa shape index (κ1) is 7.98. The number of Topliss-reactive ketones (excluding diaryl/α,β-unsaturated/α-hetero) is 1. The zero-order chi connectivity index (χ0) is 10.6. The molecule has 68 valence electrons. The van der Waals surface area contributed by atoms with Gasteiger partial charge in [0.2, 0.25) is 5.91 Å². The lowest BCUT2D eigenvalue weighted by atomic mass is 10.1. The van der Waals surface area contributed by atoms with E-state index in [9.17, 15) is 9.59 Å². The Hall–Kier alpha value is -1.64. The first-order valence-corrected chi connectivity index (χ1v) is 3.83. The minimum absolute atomic E-state index is 0.0108. The summed E-state index contributed by atoms with van der Waals surface area (Å²) >= 11 is 0. The van der Waals surface area contributed by atoms with E-state index in [0.29, 0.717) is 11.3 Å². The van der Waals surface area contributed by atoms with Crippen molar-refractivity contribution in [2.45, 2.75) is 13.8 Å². The number of hydrogen-bond acceptors (Lipinski definition) is 2. The Labute approximate surface area is 78.2 Å². The van der Waals surface area contributed by atoms with Gasteiger partial charge in [0.05, 0.1) is 0 Å². The fourth-order valence-electron chi connectivity index (χ4n) is 0.949. The molecule has 0 unspecified atom stereocenters. The number of carbonyl (C=O) groups excluding carboxylic acids is 2. The van der Waals surface area contributed by atoms with Crippen molar-refractivity contribution in [2.75, 3.05) is 5.32 Å². The number of benzene rings is 1. The fraction of sp³-hybridized carbons (Fsp3) is 0.200. The smallest absolute Gasteiger partial charge is 0.221 e. The average Bonchev–Trinajstić information content (AvgIpc) is 2.18. The quantitative estimate of drug-likeness (QED) is 0.702. The summed E-state index contributed by atoms with van der Waals surface area (Å²) < 4.78 is 6.80. The van der Waals surface area contributed by atoms with Crippen LogP contribution in [0, 0.1) is 0 Å². The summed E-state index contributed by atoms with van der Waals surface area (Å²) in [6.07, 6.45) is 0. The van der Waals surface area contributed by atoms with Gasteiger partial charge < -0.3 is 5.32 Å². The van der Waals surface area contributed by atoms with E-state index in [0.717, 1.165) is 0 Å². The van der Waals surface area contributed by atoms with Crippen LogP contribution in [-0.2, 0) is 4.79 Å². The third-order valence-electron chi connectivity index (χ3n) is 1.58. The lowest BCUT2D eigenvalue weighted by Gasteiger charge is -2.01. The molecule has 1 N–H and O–H groups in total. The van der Waals surface area contributed by atoms with Gasteiger partial charge in [-0.3, -0.25) is 9.59 Å². The monoisotopic (exact) mass is 178 g/mol. The maximum atomic E-state index is 10.9. The van der Waals surface area contributed by atoms with Gasteiger partial charge in [-0.2, -0.15) is 0 Å². The molecule has 0 aromatic heterocycles. The van der Waals surface area contributed by atoms with Crippen LogP contribution in [-0.4, -0.2) is 11.7 Å². The molecule has 1 aromatic rings. The van der Waals surface area contributed by atoms with E-state index in [2.05, 4.69) is 5.32 Å². The van der Waals surface area contributed by atoms with Crippen molar-refractivity contribution in [1.29, 1.82) is 0 Å². The van der Waals surface area contributed by atoms with Crippen LogP contribution in [0.25, 0.3) is 0 Å². The highest BCUT2D eigenvalue weighted by Crippen LogP contribution is 2.09. The van der Waals surface area contributed by atoms with E-state index in [1.165, 1.54) is 6.92 Å². The van der Waals surface area contributed by atoms with Crippen LogP contribution in [0.15, 0.2) is 24.3 Å². The minimum Gasteiger partial charge on any atom is -0.326 e. The molecule has 3 nitrogen and oxygen atoms in total. The SMILES string of the molecule is [2H]CC(=O)Nc1ccc(C(C)=O)cc1. The number of ketones is 1. The molecule has 3 heteroatoms. The predicted octanol–water partition coefficient (Wildman–Crippen LogP) is 1.85. The van der Waals surface area contributed by atoms with Crippen LogP contribution >= 0.6 is 0 Å². The maximum absolute atomic E-state index is 10.9. The van der Waals surface area contributed by atoms with Crippen LogP contribution in [0.3, 0.4) is 0 Å². The molecule has 13 heavy (non-hydrogen) atoms. The van der Waals surface area contributed by atoms with Gasteiger partial charge in [-0.15, -0.1) is 0 Å². The van der Waals surface area contributed by atoms with E-state index >= 15 is 0 Å². The Balaban J connectivity index is 2.73. The number of nitrogens with one attached hydrogen (secondary N) is 1. The molecule has 0 fully saturated rings. The summed E-state index contributed by atoms with van der Waals surface area (Å²) in [6.45, 7) is 1.19. The third kappa shape index (κ3) is 2.71. The highest BCUT2D eigenvalue weighted by Gasteiger charge is 1.99. The van der Waals surface area contributed by atoms with Crippen molar-refractivity contribution >= 4 is 17.4 Å². The second-order valence-corrected chi connectivity index (χ2v) is 2.68. The Morgan fingerprint density at radius 1 is 1.31 bits per heavy atom. The van der Waals surface area contributed by atoms with Crippen molar-refractivity contribution in [3.05, 3.63) is 29.8 Å². The van der Waals surface area contributed by atoms with Crippen molar-refractivity contribution < 1.29 is 11.0 Å². The van der Waals surface area contributed by atoms with E-state index < -0.39 is 0 Å². The van der Waals surface area contributed by atoms with Crippen LogP contribution in [0.1, 0.15) is 25.6 Å². The number of amides is 1. The van der Waals surface area contributed by atoms with Crippen LogP contribution in [0.5, 0.6) is 0 Å². The minimum atomic E-state index is -0.361. The number of rotatable bonds is 2. The van der Waals surface area contributed by atoms with Crippen molar-refractivity contribution in [1.82, 2.24) is 0 Å². The molecular weight excluding hydrogens is 166 g/mol. The molecule has 0 aliphatic heterocycles. The summed E-state index contributed by atoms with van der Waals surface area (Å²) in [5, 5.41) is 2.52. The molecule has 0 atom stereocenters. The molecular formula is C10H11NO2. The molecule has 1 amide bonds. The van der Waals surface area contributed by atoms with Crippen LogP contribution in [0.4, 0.5) is 5.69 Å². The Bertz CT molecular complexity index is 346. The highest BCUT2D eigenvalue weighted by atomic mass is 16.1. The second kappa shape index (κ2) is 3.85. The first-order chi connectivity index (χ1) is 6.63. The summed E-state index contributed by atoms with van der Waals surface area (Å²) in [6, 6.07) is 6.57. The number of anilines is 1. The summed E-state index contributed by atoms with van der Waals surface area (Å²) in [5.41, 5.74) is 1.21. The van der Waals surface area contributed by atoms with E-state index in [-0.39, 0.29) is 18.6 Å². The molecule has 0 saturated heterocycles. The van der Waals surface area contributed by atoms with Crippen LogP contribution in [0.2, 0.25) is 0 Å². The van der Waals surface area contributed by atoms with Gasteiger partial charge in [-0.25, -0.2) is 0 Å². The molecule has 0 aliphatic rings. The molecule has 0 aliphatic carbocycles. The Kier molecular flexibility index (Phi) is 2.36. The van der Waals surface area contributed by atoms with Gasteiger partial charge in [0.15, 0.2) is 5.78 Å². The summed E-state index contributed by atoms with van der Waals surface area (Å²) in [5.74, 6) is -0.371. The van der Waals surface area contributed by atoms with Gasteiger partial charge in [0.1, 0.15) is 0 Å². The lowest BCUT2D eigenvalue weighted by molar-refractivity contribution is -0.114. The molecule has 0 radical (unpaired) electrons. The maximum Gasteiger partial charge on any atom is 0.221 e. The predicted molar refractivity (Wildman–Crippen MR) is 50.8 cm³/mol. The zero-order valence-electron chi connectivity index (χ0n) is 8.33. The second-order valence-electron chi connectivity index (χ2n) is 2.68. The standard InChI is InChI=1S/C10H11NO2/c1-7(12)9-3-5-10(6-4-9)11-8(2)13/h3-6H,1-2H3,(H,11,13)/i2D. The van der Waals surface area contributed by atoms with Crippen LogP contribution < -0.4 is 5.32 Å². The van der Waals surface area contributed by atoms with Crippen molar-refractivity contribution in [3.8, 4) is 0 Å². The van der Waals surface area contributed by atoms with E-state index in [4.69, 9.17) is 1.37 Å². The molecule has 0 heterocycles. The summed E-state index contributed by atoms with van der Waals surface area (Å²) in [4.78, 5) is 21.8. The van der Waals surface area contributed by atoms with Gasteiger partial charge >= 0.3 is 0 Å². The largest absolute Gasteiger partial charge is 0.326 e. The van der Waals surface area contributed by atoms with E-state index in [1.54, 1.807) is 24.3 Å². The van der Waals surface area contributed by atoms with Gasteiger partial charge in [0.25, 0.3) is 0 Å². The van der Waals surface area contributed by atoms with E-state index in [1.807, 2.05) is 0 Å². The zero-order valence-corrected chi connectivity index (χ0v) is 7.33. The van der Waals surface area contributed by atoms with Gasteiger partial charge in [0, 0.05) is 19.5 Å². The normalized spacial score (nSPS) is 10.4. The summed E-state index contributed by atoms with van der Waals surface area (Å²) in [7, 11) is 0. The van der Waals surface area contributed by atoms with Gasteiger partial charge in [-0.1, -0.05) is 0 Å². The topological polar surface area (TPSA) is 46.2 Å². The molecule has 1 aromatic carbocycles. The Morgan fingerprint density at radius 3 is 2.38 bits per heavy atom. The van der Waals surface area contributed by atoms with Gasteiger partial charge in [-0.05, 0) is 31.2 Å². The first-order valence-electron chi connectivity index (χ1n) is 4.54. The lowest BCUT2D eigenvalue weighted by Crippen LogP contribution is -2.05. The number of carbonyl (C=O) groups is 2. The third-order valence-corrected chi connectivity index (χ3v) is 1.58. The Morgan fingerprint density at radius 2 is 1.92 bits per heavy atom. The molecule has 0 bridgehead atoms. The fourth-order valence-corrected chi connectivity index (χ4v) is 0.949.